The lowest BCUT2D eigenvalue weighted by atomic mass is 9.87. The third-order valence-electron chi connectivity index (χ3n) is 6.63. The van der Waals surface area contributed by atoms with Gasteiger partial charge in [-0.25, -0.2) is 9.59 Å². The predicted molar refractivity (Wildman–Crippen MR) is 140 cm³/mol. The molecule has 0 unspecified atom stereocenters. The number of rotatable bonds is 3. The Balaban J connectivity index is 1.73. The van der Waals surface area contributed by atoms with Gasteiger partial charge in [0.25, 0.3) is 0 Å². The smallest absolute Gasteiger partial charge is 0.344 e. The molecule has 0 aliphatic carbocycles. The number of para-hydroxylation sites is 1. The average Bonchev–Trinajstić information content (AvgIpc) is 2.87. The van der Waals surface area contributed by atoms with Crippen molar-refractivity contribution in [2.45, 2.75) is 19.8 Å². The van der Waals surface area contributed by atoms with Crippen LogP contribution in [-0.2, 0) is 0 Å². The second kappa shape index (κ2) is 8.34. The molecule has 7 nitrogen and oxygen atoms in total. The molecule has 3 aromatic carbocycles. The SMILES string of the molecule is Cc1ccc2c(O)c(C(c3ccc4ccccc4n3)c3c(O)c4ccc(C)cc4oc3=O)c(=O)oc2c1. The molecule has 2 N–H and O–H groups in total. The maximum absolute atomic E-state index is 13.4. The van der Waals surface area contributed by atoms with Crippen LogP contribution in [0.1, 0.15) is 33.9 Å². The van der Waals surface area contributed by atoms with Crippen LogP contribution in [0, 0.1) is 13.8 Å². The fourth-order valence-corrected chi connectivity index (χ4v) is 4.80. The van der Waals surface area contributed by atoms with Crippen molar-refractivity contribution in [3.8, 4) is 11.5 Å². The molecule has 0 aliphatic heterocycles. The highest BCUT2D eigenvalue weighted by atomic mass is 16.4. The van der Waals surface area contributed by atoms with Crippen LogP contribution in [0.3, 0.4) is 0 Å². The molecule has 3 heterocycles. The van der Waals surface area contributed by atoms with Crippen molar-refractivity contribution in [2.24, 2.45) is 0 Å². The molecule has 0 saturated carbocycles. The Bertz CT molecular complexity index is 1880. The molecule has 0 spiro atoms. The van der Waals surface area contributed by atoms with Crippen LogP contribution in [0.15, 0.2) is 91.2 Å². The van der Waals surface area contributed by atoms with Crippen LogP contribution in [0.25, 0.3) is 32.8 Å². The zero-order chi connectivity index (χ0) is 25.8. The highest BCUT2D eigenvalue weighted by molar-refractivity contribution is 5.87. The number of aromatic nitrogens is 1. The van der Waals surface area contributed by atoms with E-state index in [4.69, 9.17) is 13.8 Å². The van der Waals surface area contributed by atoms with Crippen LogP contribution in [0.4, 0.5) is 0 Å². The minimum absolute atomic E-state index is 0.210. The minimum atomic E-state index is -1.27. The van der Waals surface area contributed by atoms with Crippen molar-refractivity contribution in [2.75, 3.05) is 0 Å². The molecule has 7 heteroatoms. The number of aryl methyl sites for hydroxylation is 2. The molecule has 3 aromatic heterocycles. The number of benzene rings is 3. The first kappa shape index (κ1) is 22.5. The molecule has 0 atom stereocenters. The first-order valence-electron chi connectivity index (χ1n) is 11.7. The van der Waals surface area contributed by atoms with Crippen molar-refractivity contribution >= 4 is 32.8 Å². The number of pyridine rings is 1. The van der Waals surface area contributed by atoms with E-state index < -0.39 is 17.2 Å². The Morgan fingerprint density at radius 3 is 1.81 bits per heavy atom. The van der Waals surface area contributed by atoms with Crippen molar-refractivity contribution in [3.05, 3.63) is 122 Å². The standard InChI is InChI=1S/C30H21NO6/c1-15-7-10-18-22(13-15)36-29(34)25(27(18)32)24(21-12-9-17-5-3-4-6-20(17)31-21)26-28(33)19-11-8-16(2)14-23(19)37-30(26)35/h3-14,24,32-33H,1-2H3. The van der Waals surface area contributed by atoms with Crippen LogP contribution >= 0.6 is 0 Å². The first-order valence-corrected chi connectivity index (χ1v) is 11.7. The van der Waals surface area contributed by atoms with Crippen molar-refractivity contribution in [3.63, 3.8) is 0 Å². The number of hydrogen-bond donors (Lipinski definition) is 2. The third kappa shape index (κ3) is 3.63. The Kier molecular flexibility index (Phi) is 5.08. The fourth-order valence-electron chi connectivity index (χ4n) is 4.80. The second-order valence-corrected chi connectivity index (χ2v) is 9.16. The lowest BCUT2D eigenvalue weighted by molar-refractivity contribution is 0.440. The largest absolute Gasteiger partial charge is 0.507 e. The molecule has 6 rings (SSSR count). The summed E-state index contributed by atoms with van der Waals surface area (Å²) in [5.74, 6) is -1.98. The van der Waals surface area contributed by atoms with E-state index in [9.17, 15) is 19.8 Å². The lowest BCUT2D eigenvalue weighted by Gasteiger charge is -2.19. The summed E-state index contributed by atoms with van der Waals surface area (Å²) >= 11 is 0. The third-order valence-corrected chi connectivity index (χ3v) is 6.63. The normalized spacial score (nSPS) is 11.6. The molecule has 6 aromatic rings. The van der Waals surface area contributed by atoms with Gasteiger partial charge in [-0.15, -0.1) is 0 Å². The fraction of sp³-hybridized carbons (Fsp3) is 0.100. The number of hydrogen-bond acceptors (Lipinski definition) is 7. The van der Waals surface area contributed by atoms with Gasteiger partial charge in [-0.05, 0) is 61.4 Å². The van der Waals surface area contributed by atoms with E-state index in [2.05, 4.69) is 0 Å². The van der Waals surface area contributed by atoms with Gasteiger partial charge >= 0.3 is 11.3 Å². The zero-order valence-corrected chi connectivity index (χ0v) is 20.0. The van der Waals surface area contributed by atoms with Gasteiger partial charge in [-0.1, -0.05) is 36.4 Å². The molecule has 0 aliphatic rings. The van der Waals surface area contributed by atoms with Gasteiger partial charge in [-0.3, -0.25) is 4.98 Å². The Morgan fingerprint density at radius 2 is 1.24 bits per heavy atom. The molecular weight excluding hydrogens is 470 g/mol. The molecule has 0 fully saturated rings. The van der Waals surface area contributed by atoms with E-state index in [1.165, 1.54) is 0 Å². The van der Waals surface area contributed by atoms with Gasteiger partial charge in [-0.2, -0.15) is 0 Å². The monoisotopic (exact) mass is 491 g/mol. The summed E-state index contributed by atoms with van der Waals surface area (Å²) in [5.41, 5.74) is 0.867. The summed E-state index contributed by atoms with van der Waals surface area (Å²) in [6.07, 6.45) is 0. The number of aromatic hydroxyl groups is 2. The summed E-state index contributed by atoms with van der Waals surface area (Å²) in [7, 11) is 0. The van der Waals surface area contributed by atoms with Gasteiger partial charge in [0.1, 0.15) is 22.7 Å². The maximum atomic E-state index is 13.4. The topological polar surface area (TPSA) is 114 Å². The Hall–Kier alpha value is -4.91. The van der Waals surface area contributed by atoms with E-state index in [1.807, 2.05) is 32.0 Å². The predicted octanol–water partition coefficient (Wildman–Crippen LogP) is 5.66. The maximum Gasteiger partial charge on any atom is 0.344 e. The van der Waals surface area contributed by atoms with E-state index in [-0.39, 0.29) is 39.5 Å². The van der Waals surface area contributed by atoms with Crippen LogP contribution in [0.2, 0.25) is 0 Å². The Labute approximate surface area is 209 Å². The minimum Gasteiger partial charge on any atom is -0.507 e. The van der Waals surface area contributed by atoms with Crippen molar-refractivity contribution in [1.82, 2.24) is 4.98 Å². The van der Waals surface area contributed by atoms with E-state index in [0.717, 1.165) is 16.5 Å². The van der Waals surface area contributed by atoms with Crippen LogP contribution < -0.4 is 11.3 Å². The highest BCUT2D eigenvalue weighted by Crippen LogP contribution is 2.41. The molecule has 182 valence electrons. The van der Waals surface area contributed by atoms with Crippen molar-refractivity contribution in [1.29, 1.82) is 0 Å². The summed E-state index contributed by atoms with van der Waals surface area (Å²) < 4.78 is 11.2. The summed E-state index contributed by atoms with van der Waals surface area (Å²) in [5, 5.41) is 24.2. The van der Waals surface area contributed by atoms with Crippen molar-refractivity contribution < 1.29 is 19.0 Å². The van der Waals surface area contributed by atoms with Gasteiger partial charge in [0.2, 0.25) is 0 Å². The molecule has 37 heavy (non-hydrogen) atoms. The number of nitrogens with zero attached hydrogens (tertiary/aromatic N) is 1. The summed E-state index contributed by atoms with van der Waals surface area (Å²) in [4.78, 5) is 31.5. The zero-order valence-electron chi connectivity index (χ0n) is 20.0. The van der Waals surface area contributed by atoms with E-state index in [0.29, 0.717) is 16.3 Å². The highest BCUT2D eigenvalue weighted by Gasteiger charge is 2.33. The molecule has 0 saturated heterocycles. The summed E-state index contributed by atoms with van der Waals surface area (Å²) in [6.45, 7) is 3.68. The van der Waals surface area contributed by atoms with E-state index in [1.54, 1.807) is 54.6 Å². The second-order valence-electron chi connectivity index (χ2n) is 9.16. The summed E-state index contributed by atoms with van der Waals surface area (Å²) in [6, 6.07) is 21.0. The van der Waals surface area contributed by atoms with Crippen LogP contribution in [-0.4, -0.2) is 15.2 Å². The molecule has 0 bridgehead atoms. The molecular formula is C30H21NO6. The quantitative estimate of drug-likeness (QED) is 0.307. The van der Waals surface area contributed by atoms with Gasteiger partial charge in [0.15, 0.2) is 0 Å². The molecule has 0 radical (unpaired) electrons. The van der Waals surface area contributed by atoms with E-state index >= 15 is 0 Å². The average molecular weight is 491 g/mol. The first-order chi connectivity index (χ1) is 17.8. The van der Waals surface area contributed by atoms with Gasteiger partial charge < -0.3 is 19.0 Å². The Morgan fingerprint density at radius 1 is 0.703 bits per heavy atom. The lowest BCUT2D eigenvalue weighted by Crippen LogP contribution is -2.22. The van der Waals surface area contributed by atoms with Gasteiger partial charge in [0, 0.05) is 5.39 Å². The number of fused-ring (bicyclic) bond motifs is 3. The van der Waals surface area contributed by atoms with Gasteiger partial charge in [0.05, 0.1) is 39.0 Å². The van der Waals surface area contributed by atoms with Crippen LogP contribution in [0.5, 0.6) is 11.5 Å². The molecule has 0 amide bonds.